The zero-order valence-corrected chi connectivity index (χ0v) is 10.4. The number of rotatable bonds is 4. The molecule has 1 aliphatic heterocycles. The van der Waals surface area contributed by atoms with Gasteiger partial charge in [-0.2, -0.15) is 0 Å². The van der Waals surface area contributed by atoms with E-state index in [1.807, 2.05) is 0 Å². The summed E-state index contributed by atoms with van der Waals surface area (Å²) in [6.45, 7) is 4.66. The molecule has 2 rings (SSSR count). The van der Waals surface area contributed by atoms with Gasteiger partial charge < -0.3 is 20.2 Å². The minimum Gasteiger partial charge on any atom is -0.381 e. The largest absolute Gasteiger partial charge is 0.381 e. The SMILES string of the molecule is CC1(CNc2ccc([N+](=O)[O-])nc2)CCOCC1. The fraction of sp³-hybridized carbons (Fsp3) is 0.583. The zero-order valence-electron chi connectivity index (χ0n) is 10.4. The third kappa shape index (κ3) is 3.16. The Kier molecular flexibility index (Phi) is 3.76. The predicted molar refractivity (Wildman–Crippen MR) is 67.5 cm³/mol. The second-order valence-corrected chi connectivity index (χ2v) is 4.94. The summed E-state index contributed by atoms with van der Waals surface area (Å²) < 4.78 is 5.34. The van der Waals surface area contributed by atoms with E-state index in [2.05, 4.69) is 17.2 Å². The maximum Gasteiger partial charge on any atom is 0.363 e. The topological polar surface area (TPSA) is 77.3 Å². The van der Waals surface area contributed by atoms with Crippen LogP contribution in [0.15, 0.2) is 18.3 Å². The lowest BCUT2D eigenvalue weighted by atomic mass is 9.82. The Labute approximate surface area is 106 Å². The van der Waals surface area contributed by atoms with E-state index < -0.39 is 4.92 Å². The summed E-state index contributed by atoms with van der Waals surface area (Å²) in [4.78, 5) is 13.8. The van der Waals surface area contributed by atoms with Crippen LogP contribution in [0.2, 0.25) is 0 Å². The maximum atomic E-state index is 10.5. The van der Waals surface area contributed by atoms with Crippen molar-refractivity contribution in [2.75, 3.05) is 25.1 Å². The monoisotopic (exact) mass is 251 g/mol. The second-order valence-electron chi connectivity index (χ2n) is 4.94. The maximum absolute atomic E-state index is 10.5. The summed E-state index contributed by atoms with van der Waals surface area (Å²) >= 11 is 0. The first-order valence-corrected chi connectivity index (χ1v) is 6.01. The standard InChI is InChI=1S/C12H17N3O3/c1-12(4-6-18-7-5-12)9-14-10-2-3-11(13-8-10)15(16)17/h2-3,8,14H,4-7,9H2,1H3. The van der Waals surface area contributed by atoms with Crippen molar-refractivity contribution in [3.05, 3.63) is 28.4 Å². The van der Waals surface area contributed by atoms with Gasteiger partial charge in [0.15, 0.2) is 6.20 Å². The molecule has 1 saturated heterocycles. The summed E-state index contributed by atoms with van der Waals surface area (Å²) in [6, 6.07) is 3.10. The van der Waals surface area contributed by atoms with Crippen LogP contribution in [0.25, 0.3) is 0 Å². The van der Waals surface area contributed by atoms with Gasteiger partial charge in [0.25, 0.3) is 0 Å². The Bertz CT molecular complexity index is 413. The molecule has 0 atom stereocenters. The first-order valence-electron chi connectivity index (χ1n) is 6.01. The summed E-state index contributed by atoms with van der Waals surface area (Å²) in [5.74, 6) is -0.127. The molecule has 0 spiro atoms. The Morgan fingerprint density at radius 3 is 2.78 bits per heavy atom. The smallest absolute Gasteiger partial charge is 0.363 e. The van der Waals surface area contributed by atoms with Crippen molar-refractivity contribution in [1.82, 2.24) is 4.98 Å². The van der Waals surface area contributed by atoms with Gasteiger partial charge in [0, 0.05) is 25.8 Å². The summed E-state index contributed by atoms with van der Waals surface area (Å²) in [5.41, 5.74) is 1.04. The summed E-state index contributed by atoms with van der Waals surface area (Å²) in [7, 11) is 0. The Hall–Kier alpha value is -1.69. The van der Waals surface area contributed by atoms with E-state index in [4.69, 9.17) is 4.74 Å². The number of ether oxygens (including phenoxy) is 1. The fourth-order valence-corrected chi connectivity index (χ4v) is 1.96. The zero-order chi connectivity index (χ0) is 13.0. The molecule has 1 fully saturated rings. The Morgan fingerprint density at radius 1 is 1.50 bits per heavy atom. The summed E-state index contributed by atoms with van der Waals surface area (Å²) in [6.07, 6.45) is 3.56. The molecule has 0 saturated carbocycles. The highest BCUT2D eigenvalue weighted by molar-refractivity contribution is 5.43. The van der Waals surface area contributed by atoms with Crippen molar-refractivity contribution in [3.8, 4) is 0 Å². The van der Waals surface area contributed by atoms with Crippen LogP contribution < -0.4 is 5.32 Å². The lowest BCUT2D eigenvalue weighted by Gasteiger charge is -2.33. The minimum absolute atomic E-state index is 0.127. The van der Waals surface area contributed by atoms with Crippen LogP contribution in [0.5, 0.6) is 0 Å². The van der Waals surface area contributed by atoms with Crippen molar-refractivity contribution in [3.63, 3.8) is 0 Å². The molecule has 0 aromatic carbocycles. The molecule has 98 valence electrons. The normalized spacial score (nSPS) is 18.3. The molecule has 0 aliphatic carbocycles. The molecule has 18 heavy (non-hydrogen) atoms. The van der Waals surface area contributed by atoms with Crippen molar-refractivity contribution < 1.29 is 9.66 Å². The highest BCUT2D eigenvalue weighted by Crippen LogP contribution is 2.29. The van der Waals surface area contributed by atoms with Crippen LogP contribution in [-0.4, -0.2) is 29.7 Å². The first-order chi connectivity index (χ1) is 8.59. The minimum atomic E-state index is -0.496. The van der Waals surface area contributed by atoms with Crippen LogP contribution in [0.1, 0.15) is 19.8 Å². The predicted octanol–water partition coefficient (Wildman–Crippen LogP) is 2.22. The Balaban J connectivity index is 1.91. The van der Waals surface area contributed by atoms with Crippen molar-refractivity contribution in [1.29, 1.82) is 0 Å². The molecular formula is C12H17N3O3. The van der Waals surface area contributed by atoms with Gasteiger partial charge in [0.1, 0.15) is 0 Å². The van der Waals surface area contributed by atoms with Gasteiger partial charge in [-0.3, -0.25) is 0 Å². The third-order valence-corrected chi connectivity index (χ3v) is 3.35. The van der Waals surface area contributed by atoms with Crippen LogP contribution in [0.4, 0.5) is 11.5 Å². The van der Waals surface area contributed by atoms with Gasteiger partial charge in [-0.15, -0.1) is 0 Å². The van der Waals surface area contributed by atoms with Gasteiger partial charge >= 0.3 is 5.82 Å². The summed E-state index contributed by atoms with van der Waals surface area (Å²) in [5, 5.41) is 13.8. The molecule has 1 aliphatic rings. The number of anilines is 1. The quantitative estimate of drug-likeness (QED) is 0.655. The van der Waals surface area contributed by atoms with Crippen LogP contribution >= 0.6 is 0 Å². The average molecular weight is 251 g/mol. The number of hydrogen-bond acceptors (Lipinski definition) is 5. The molecule has 1 N–H and O–H groups in total. The first kappa shape index (κ1) is 12.8. The second kappa shape index (κ2) is 5.30. The molecule has 0 unspecified atom stereocenters. The van der Waals surface area contributed by atoms with Crippen LogP contribution in [0.3, 0.4) is 0 Å². The Morgan fingerprint density at radius 2 is 2.22 bits per heavy atom. The third-order valence-electron chi connectivity index (χ3n) is 3.35. The van der Waals surface area contributed by atoms with Crippen molar-refractivity contribution in [2.45, 2.75) is 19.8 Å². The molecule has 0 amide bonds. The van der Waals surface area contributed by atoms with Gasteiger partial charge in [-0.1, -0.05) is 6.92 Å². The molecule has 6 heteroatoms. The number of nitrogens with one attached hydrogen (secondary N) is 1. The highest BCUT2D eigenvalue weighted by atomic mass is 16.6. The number of nitro groups is 1. The number of aromatic nitrogens is 1. The molecule has 2 heterocycles. The van der Waals surface area contributed by atoms with Crippen molar-refractivity contribution in [2.24, 2.45) is 5.41 Å². The van der Waals surface area contributed by atoms with E-state index in [9.17, 15) is 10.1 Å². The molecule has 1 aromatic rings. The van der Waals surface area contributed by atoms with E-state index in [1.54, 1.807) is 6.07 Å². The van der Waals surface area contributed by atoms with Gasteiger partial charge in [0.05, 0.1) is 5.69 Å². The van der Waals surface area contributed by atoms with E-state index in [0.717, 1.165) is 38.3 Å². The van der Waals surface area contributed by atoms with Gasteiger partial charge in [0.2, 0.25) is 0 Å². The van der Waals surface area contributed by atoms with E-state index in [1.165, 1.54) is 12.3 Å². The van der Waals surface area contributed by atoms with Crippen LogP contribution in [-0.2, 0) is 4.74 Å². The number of pyridine rings is 1. The van der Waals surface area contributed by atoms with Gasteiger partial charge in [-0.05, 0) is 34.2 Å². The number of hydrogen-bond donors (Lipinski definition) is 1. The average Bonchev–Trinajstić information content (AvgIpc) is 2.38. The highest BCUT2D eigenvalue weighted by Gasteiger charge is 2.27. The van der Waals surface area contributed by atoms with Crippen molar-refractivity contribution >= 4 is 11.5 Å². The molecule has 0 bridgehead atoms. The lowest BCUT2D eigenvalue weighted by Crippen LogP contribution is -2.33. The van der Waals surface area contributed by atoms with E-state index in [0.29, 0.717) is 0 Å². The van der Waals surface area contributed by atoms with E-state index in [-0.39, 0.29) is 11.2 Å². The number of nitrogens with zero attached hydrogens (tertiary/aromatic N) is 2. The molecule has 1 aromatic heterocycles. The molecule has 0 radical (unpaired) electrons. The van der Waals surface area contributed by atoms with Gasteiger partial charge in [-0.25, -0.2) is 0 Å². The lowest BCUT2D eigenvalue weighted by molar-refractivity contribution is -0.389. The molecular weight excluding hydrogens is 234 g/mol. The van der Waals surface area contributed by atoms with E-state index >= 15 is 0 Å². The molecule has 6 nitrogen and oxygen atoms in total. The fourth-order valence-electron chi connectivity index (χ4n) is 1.96. The van der Waals surface area contributed by atoms with Crippen LogP contribution in [0, 0.1) is 15.5 Å².